The fourth-order valence-corrected chi connectivity index (χ4v) is 6.68. The van der Waals surface area contributed by atoms with E-state index in [0.717, 1.165) is 32.8 Å². The van der Waals surface area contributed by atoms with E-state index in [2.05, 4.69) is 20.3 Å². The molecule has 2 aliphatic carbocycles. The Morgan fingerprint density at radius 3 is 2.93 bits per heavy atom. The summed E-state index contributed by atoms with van der Waals surface area (Å²) in [4.78, 5) is 29.7. The number of hydrogen-bond acceptors (Lipinski definition) is 5. The van der Waals surface area contributed by atoms with Gasteiger partial charge in [-0.05, 0) is 0 Å². The van der Waals surface area contributed by atoms with Gasteiger partial charge in [0, 0.05) is 0 Å². The molecular formula is C19H18N6OSe. The van der Waals surface area contributed by atoms with Crippen molar-refractivity contribution in [2.75, 3.05) is 5.32 Å². The number of imidazole rings is 1. The molecule has 3 aromatic heterocycles. The number of anilines is 1. The second-order valence-electron chi connectivity index (χ2n) is 7.59. The predicted octanol–water partition coefficient (Wildman–Crippen LogP) is 2.31. The molecular weight excluding hydrogens is 407 g/mol. The monoisotopic (exact) mass is 426 g/mol. The molecule has 0 spiro atoms. The van der Waals surface area contributed by atoms with Crippen LogP contribution in [0.1, 0.15) is 25.7 Å². The summed E-state index contributed by atoms with van der Waals surface area (Å²) in [6, 6.07) is 8.21. The second kappa shape index (κ2) is 5.78. The third-order valence-electron chi connectivity index (χ3n) is 6.01. The van der Waals surface area contributed by atoms with E-state index in [1.54, 1.807) is 9.89 Å². The first-order valence-corrected chi connectivity index (χ1v) is 11.0. The molecule has 2 aliphatic rings. The normalized spacial score (nSPS) is 24.2. The third-order valence-corrected chi connectivity index (χ3v) is 8.24. The number of H-pyrrole nitrogens is 1. The first kappa shape index (κ1) is 15.6. The number of aromatic amines is 1. The molecule has 27 heavy (non-hydrogen) atoms. The summed E-state index contributed by atoms with van der Waals surface area (Å²) in [5.74, 6) is 2.79. The van der Waals surface area contributed by atoms with Gasteiger partial charge in [-0.15, -0.1) is 0 Å². The van der Waals surface area contributed by atoms with Crippen molar-refractivity contribution in [3.63, 3.8) is 0 Å². The van der Waals surface area contributed by atoms with Crippen molar-refractivity contribution in [2.45, 2.75) is 31.7 Å². The van der Waals surface area contributed by atoms with Crippen molar-refractivity contribution < 1.29 is 0 Å². The number of hydrogen-bond donors (Lipinski definition) is 2. The molecule has 3 heterocycles. The zero-order valence-corrected chi connectivity index (χ0v) is 16.3. The van der Waals surface area contributed by atoms with Gasteiger partial charge in [0.15, 0.2) is 0 Å². The maximum absolute atomic E-state index is 12.8. The molecule has 8 heteroatoms. The van der Waals surface area contributed by atoms with Gasteiger partial charge in [0.2, 0.25) is 0 Å². The zero-order valence-electron chi connectivity index (χ0n) is 14.6. The van der Waals surface area contributed by atoms with Crippen LogP contribution in [0.4, 0.5) is 5.82 Å². The molecule has 0 saturated heterocycles. The number of nitrogens with zero attached hydrogens (tertiary/aromatic N) is 4. The number of aromatic nitrogens is 5. The van der Waals surface area contributed by atoms with Crippen LogP contribution in [0, 0.1) is 11.8 Å². The Hall–Kier alpha value is -2.44. The molecule has 0 radical (unpaired) electrons. The van der Waals surface area contributed by atoms with E-state index in [4.69, 9.17) is 4.98 Å². The molecule has 3 atom stereocenters. The van der Waals surface area contributed by atoms with Gasteiger partial charge in [-0.2, -0.15) is 0 Å². The molecule has 2 bridgehead atoms. The summed E-state index contributed by atoms with van der Waals surface area (Å²) in [6.45, 7) is 0. The van der Waals surface area contributed by atoms with Crippen molar-refractivity contribution in [1.82, 2.24) is 23.5 Å². The van der Waals surface area contributed by atoms with Crippen LogP contribution in [0.2, 0.25) is 0 Å². The summed E-state index contributed by atoms with van der Waals surface area (Å²) in [7, 11) is 0. The van der Waals surface area contributed by atoms with Gasteiger partial charge < -0.3 is 0 Å². The molecule has 0 unspecified atom stereocenters. The minimum atomic E-state index is -0.151. The van der Waals surface area contributed by atoms with Crippen LogP contribution >= 0.6 is 0 Å². The van der Waals surface area contributed by atoms with Crippen LogP contribution in [0.3, 0.4) is 0 Å². The SMILES string of the molecule is O=c1c2ccccc2[se]n1-c1nc(N[C@@H]2C[C@H]3CC[C@@H]2C3)c2[nH]cnc2n1. The zero-order chi connectivity index (χ0) is 18.0. The Kier molecular flexibility index (Phi) is 3.34. The standard InChI is InChI=1S/C19H18N6OSe/c26-18-12-3-1-2-4-14(12)27-25(18)19-23-16-15(20-9-21-16)17(24-19)22-13-8-10-5-6-11(13)7-10/h1-4,9-11,13H,5-8H2,(H2,20,21,22,23,24)/t10-,11+,13+/m0/s1. The van der Waals surface area contributed by atoms with Crippen LogP contribution in [0.15, 0.2) is 35.4 Å². The quantitative estimate of drug-likeness (QED) is 0.492. The number of benzene rings is 1. The number of nitrogens with one attached hydrogen (secondary N) is 2. The van der Waals surface area contributed by atoms with E-state index in [1.165, 1.54) is 25.7 Å². The average molecular weight is 425 g/mol. The van der Waals surface area contributed by atoms with Gasteiger partial charge in [0.25, 0.3) is 0 Å². The number of fused-ring (bicyclic) bond motifs is 4. The molecule has 7 nitrogen and oxygen atoms in total. The Morgan fingerprint density at radius 1 is 1.19 bits per heavy atom. The van der Waals surface area contributed by atoms with Gasteiger partial charge >= 0.3 is 161 Å². The molecule has 1 aromatic carbocycles. The van der Waals surface area contributed by atoms with Crippen LogP contribution in [-0.4, -0.2) is 44.3 Å². The van der Waals surface area contributed by atoms with Crippen molar-refractivity contribution in [2.24, 2.45) is 11.8 Å². The molecule has 2 fully saturated rings. The van der Waals surface area contributed by atoms with E-state index in [0.29, 0.717) is 17.6 Å². The van der Waals surface area contributed by atoms with Gasteiger partial charge in [0.1, 0.15) is 0 Å². The second-order valence-corrected chi connectivity index (χ2v) is 9.66. The Bertz CT molecular complexity index is 1220. The Labute approximate surface area is 160 Å². The number of rotatable bonds is 3. The Balaban J connectivity index is 1.48. The average Bonchev–Trinajstić information content (AvgIpc) is 3.45. The van der Waals surface area contributed by atoms with Gasteiger partial charge in [-0.3, -0.25) is 0 Å². The molecule has 0 amide bonds. The van der Waals surface area contributed by atoms with Crippen molar-refractivity contribution in [1.29, 1.82) is 0 Å². The van der Waals surface area contributed by atoms with E-state index in [9.17, 15) is 4.79 Å². The van der Waals surface area contributed by atoms with Crippen LogP contribution < -0.4 is 10.9 Å². The maximum atomic E-state index is 12.8. The molecule has 136 valence electrons. The third kappa shape index (κ3) is 2.40. The molecule has 2 N–H and O–H groups in total. The molecule has 6 rings (SSSR count). The fourth-order valence-electron chi connectivity index (χ4n) is 4.72. The van der Waals surface area contributed by atoms with E-state index < -0.39 is 0 Å². The summed E-state index contributed by atoms with van der Waals surface area (Å²) >= 11 is -0.151. The summed E-state index contributed by atoms with van der Waals surface area (Å²) in [5, 5.41) is 4.40. The van der Waals surface area contributed by atoms with E-state index >= 15 is 0 Å². The van der Waals surface area contributed by atoms with E-state index in [1.807, 2.05) is 24.3 Å². The first-order chi connectivity index (χ1) is 13.3. The van der Waals surface area contributed by atoms with Crippen LogP contribution in [0.5, 0.6) is 0 Å². The summed E-state index contributed by atoms with van der Waals surface area (Å²) < 4.78 is 2.78. The van der Waals surface area contributed by atoms with E-state index in [-0.39, 0.29) is 20.3 Å². The molecule has 2 saturated carbocycles. The molecule has 4 aromatic rings. The van der Waals surface area contributed by atoms with Gasteiger partial charge in [-0.25, -0.2) is 0 Å². The summed E-state index contributed by atoms with van der Waals surface area (Å²) in [6.07, 6.45) is 6.83. The topological polar surface area (TPSA) is 88.5 Å². The first-order valence-electron chi connectivity index (χ1n) is 9.35. The van der Waals surface area contributed by atoms with Gasteiger partial charge in [0.05, 0.1) is 0 Å². The fraction of sp³-hybridized carbons (Fsp3) is 0.368. The van der Waals surface area contributed by atoms with Crippen molar-refractivity contribution in [3.05, 3.63) is 40.9 Å². The van der Waals surface area contributed by atoms with Crippen LogP contribution in [-0.2, 0) is 0 Å². The molecule has 0 aliphatic heterocycles. The Morgan fingerprint density at radius 2 is 2.11 bits per heavy atom. The minimum absolute atomic E-state index is 0.0219. The van der Waals surface area contributed by atoms with Crippen molar-refractivity contribution >= 4 is 41.4 Å². The van der Waals surface area contributed by atoms with Crippen LogP contribution in [0.25, 0.3) is 26.8 Å². The predicted molar refractivity (Wildman–Crippen MR) is 105 cm³/mol. The van der Waals surface area contributed by atoms with Crippen molar-refractivity contribution in [3.8, 4) is 5.95 Å². The van der Waals surface area contributed by atoms with Gasteiger partial charge in [-0.1, -0.05) is 0 Å². The summed E-state index contributed by atoms with van der Waals surface area (Å²) in [5.41, 5.74) is 1.40.